The van der Waals surface area contributed by atoms with Crippen molar-refractivity contribution in [3.63, 3.8) is 0 Å². The molecule has 4 nitrogen and oxygen atoms in total. The van der Waals surface area contributed by atoms with E-state index >= 15 is 0 Å². The molecule has 4 heteroatoms. The second-order valence-electron chi connectivity index (χ2n) is 4.83. The molecule has 108 valence electrons. The molecule has 0 aliphatic heterocycles. The topological polar surface area (TPSA) is 65.3 Å². The van der Waals surface area contributed by atoms with Crippen LogP contribution < -0.4 is 10.1 Å². The Morgan fingerprint density at radius 3 is 2.81 bits per heavy atom. The Labute approximate surface area is 124 Å². The summed E-state index contributed by atoms with van der Waals surface area (Å²) in [5.74, 6) is 0.667. The molecule has 0 saturated heterocycles. The molecule has 21 heavy (non-hydrogen) atoms. The highest BCUT2D eigenvalue weighted by atomic mass is 16.5. The van der Waals surface area contributed by atoms with E-state index in [2.05, 4.69) is 11.4 Å². The van der Waals surface area contributed by atoms with Gasteiger partial charge in [-0.1, -0.05) is 17.7 Å². The minimum absolute atomic E-state index is 0.342. The van der Waals surface area contributed by atoms with Gasteiger partial charge in [-0.25, -0.2) is 0 Å². The SMILES string of the molecule is COc1ccc(C)cc1C(O)CNc1cccc(C#N)c1. The number of rotatable bonds is 5. The second-order valence-corrected chi connectivity index (χ2v) is 4.83. The first-order valence-corrected chi connectivity index (χ1v) is 6.70. The number of aliphatic hydroxyl groups is 1. The number of nitrogens with zero attached hydrogens (tertiary/aromatic N) is 1. The van der Waals surface area contributed by atoms with E-state index in [0.29, 0.717) is 17.9 Å². The van der Waals surface area contributed by atoms with Crippen LogP contribution in [-0.2, 0) is 0 Å². The number of methoxy groups -OCH3 is 1. The molecule has 1 unspecified atom stereocenters. The van der Waals surface area contributed by atoms with E-state index in [9.17, 15) is 5.11 Å². The van der Waals surface area contributed by atoms with Gasteiger partial charge in [0.25, 0.3) is 0 Å². The van der Waals surface area contributed by atoms with Gasteiger partial charge in [0.1, 0.15) is 5.75 Å². The average Bonchev–Trinajstić information content (AvgIpc) is 2.52. The minimum atomic E-state index is -0.689. The highest BCUT2D eigenvalue weighted by molar-refractivity contribution is 5.49. The fourth-order valence-corrected chi connectivity index (χ4v) is 2.14. The summed E-state index contributed by atoms with van der Waals surface area (Å²) < 4.78 is 5.28. The van der Waals surface area contributed by atoms with E-state index in [1.807, 2.05) is 31.2 Å². The summed E-state index contributed by atoms with van der Waals surface area (Å²) in [6, 6.07) is 15.0. The summed E-state index contributed by atoms with van der Waals surface area (Å²) in [5, 5.41) is 22.3. The number of anilines is 1. The van der Waals surface area contributed by atoms with Crippen LogP contribution in [0.3, 0.4) is 0 Å². The van der Waals surface area contributed by atoms with E-state index in [1.165, 1.54) is 0 Å². The number of nitriles is 1. The maximum Gasteiger partial charge on any atom is 0.124 e. The molecule has 0 saturated carbocycles. The van der Waals surface area contributed by atoms with Crippen LogP contribution in [0.4, 0.5) is 5.69 Å². The number of aryl methyl sites for hydroxylation is 1. The zero-order valence-electron chi connectivity index (χ0n) is 12.1. The van der Waals surface area contributed by atoms with Gasteiger partial charge in [-0.05, 0) is 37.3 Å². The number of hydrogen-bond donors (Lipinski definition) is 2. The number of ether oxygens (including phenoxy) is 1. The van der Waals surface area contributed by atoms with Crippen LogP contribution in [0.25, 0.3) is 0 Å². The fourth-order valence-electron chi connectivity index (χ4n) is 2.14. The molecule has 0 heterocycles. The zero-order chi connectivity index (χ0) is 15.2. The van der Waals surface area contributed by atoms with Crippen molar-refractivity contribution < 1.29 is 9.84 Å². The van der Waals surface area contributed by atoms with Crippen LogP contribution >= 0.6 is 0 Å². The van der Waals surface area contributed by atoms with Gasteiger partial charge in [0, 0.05) is 17.8 Å². The van der Waals surface area contributed by atoms with Gasteiger partial charge in [-0.15, -0.1) is 0 Å². The standard InChI is InChI=1S/C17H18N2O2/c1-12-6-7-17(21-2)15(8-12)16(20)11-19-14-5-3-4-13(9-14)10-18/h3-9,16,19-20H,11H2,1-2H3. The van der Waals surface area contributed by atoms with Crippen LogP contribution in [-0.4, -0.2) is 18.8 Å². The molecule has 2 aromatic rings. The van der Waals surface area contributed by atoms with Crippen molar-refractivity contribution in [2.45, 2.75) is 13.0 Å². The maximum atomic E-state index is 10.3. The van der Waals surface area contributed by atoms with Crippen LogP contribution in [0.1, 0.15) is 22.8 Å². The number of hydrogen-bond acceptors (Lipinski definition) is 4. The lowest BCUT2D eigenvalue weighted by Crippen LogP contribution is -2.13. The minimum Gasteiger partial charge on any atom is -0.496 e. The first kappa shape index (κ1) is 14.9. The molecule has 0 amide bonds. The average molecular weight is 282 g/mol. The number of nitrogens with one attached hydrogen (secondary N) is 1. The largest absolute Gasteiger partial charge is 0.496 e. The Balaban J connectivity index is 2.09. The lowest BCUT2D eigenvalue weighted by molar-refractivity contribution is 0.187. The van der Waals surface area contributed by atoms with E-state index in [0.717, 1.165) is 16.8 Å². The third-order valence-electron chi connectivity index (χ3n) is 3.24. The van der Waals surface area contributed by atoms with E-state index in [1.54, 1.807) is 25.3 Å². The summed E-state index contributed by atoms with van der Waals surface area (Å²) in [7, 11) is 1.59. The molecule has 0 fully saturated rings. The van der Waals surface area contributed by atoms with Gasteiger partial charge >= 0.3 is 0 Å². The van der Waals surface area contributed by atoms with Crippen molar-refractivity contribution in [1.29, 1.82) is 5.26 Å². The monoisotopic (exact) mass is 282 g/mol. The van der Waals surface area contributed by atoms with Gasteiger partial charge in [-0.3, -0.25) is 0 Å². The summed E-state index contributed by atoms with van der Waals surface area (Å²) in [5.41, 5.74) is 3.21. The Hall–Kier alpha value is -2.51. The molecule has 2 aromatic carbocycles. The fraction of sp³-hybridized carbons (Fsp3) is 0.235. The molecular weight excluding hydrogens is 264 g/mol. The maximum absolute atomic E-state index is 10.3. The van der Waals surface area contributed by atoms with E-state index in [4.69, 9.17) is 10.00 Å². The Bertz CT molecular complexity index is 662. The molecule has 0 aromatic heterocycles. The summed E-state index contributed by atoms with van der Waals surface area (Å²) in [4.78, 5) is 0. The van der Waals surface area contributed by atoms with Gasteiger partial charge in [0.05, 0.1) is 24.8 Å². The number of benzene rings is 2. The van der Waals surface area contributed by atoms with Crippen molar-refractivity contribution in [1.82, 2.24) is 0 Å². The summed E-state index contributed by atoms with van der Waals surface area (Å²) in [6.07, 6.45) is -0.689. The smallest absolute Gasteiger partial charge is 0.124 e. The Morgan fingerprint density at radius 2 is 2.10 bits per heavy atom. The molecule has 1 atom stereocenters. The predicted octanol–water partition coefficient (Wildman–Crippen LogP) is 3.02. The molecule has 0 bridgehead atoms. The lowest BCUT2D eigenvalue weighted by Gasteiger charge is -2.17. The summed E-state index contributed by atoms with van der Waals surface area (Å²) in [6.45, 7) is 2.31. The van der Waals surface area contributed by atoms with Crippen LogP contribution in [0.15, 0.2) is 42.5 Å². The van der Waals surface area contributed by atoms with E-state index < -0.39 is 6.10 Å². The summed E-state index contributed by atoms with van der Waals surface area (Å²) >= 11 is 0. The Kier molecular flexibility index (Phi) is 4.81. The third kappa shape index (κ3) is 3.74. The molecular formula is C17H18N2O2. The van der Waals surface area contributed by atoms with Crippen LogP contribution in [0, 0.1) is 18.3 Å². The van der Waals surface area contributed by atoms with Gasteiger partial charge in [0.15, 0.2) is 0 Å². The predicted molar refractivity (Wildman–Crippen MR) is 82.3 cm³/mol. The normalized spacial score (nSPS) is 11.5. The van der Waals surface area contributed by atoms with Crippen molar-refractivity contribution in [2.24, 2.45) is 0 Å². The van der Waals surface area contributed by atoms with Crippen LogP contribution in [0.2, 0.25) is 0 Å². The van der Waals surface area contributed by atoms with Gasteiger partial charge < -0.3 is 15.2 Å². The highest BCUT2D eigenvalue weighted by Crippen LogP contribution is 2.26. The lowest BCUT2D eigenvalue weighted by atomic mass is 10.0. The second kappa shape index (κ2) is 6.78. The van der Waals surface area contributed by atoms with Crippen molar-refractivity contribution in [3.05, 3.63) is 59.2 Å². The van der Waals surface area contributed by atoms with E-state index in [-0.39, 0.29) is 0 Å². The first-order chi connectivity index (χ1) is 10.1. The Morgan fingerprint density at radius 1 is 1.29 bits per heavy atom. The van der Waals surface area contributed by atoms with Crippen molar-refractivity contribution in [3.8, 4) is 11.8 Å². The molecule has 0 aliphatic rings. The molecule has 0 spiro atoms. The highest BCUT2D eigenvalue weighted by Gasteiger charge is 2.13. The van der Waals surface area contributed by atoms with Gasteiger partial charge in [0.2, 0.25) is 0 Å². The molecule has 2 rings (SSSR count). The van der Waals surface area contributed by atoms with Gasteiger partial charge in [-0.2, -0.15) is 5.26 Å². The van der Waals surface area contributed by atoms with Crippen molar-refractivity contribution >= 4 is 5.69 Å². The van der Waals surface area contributed by atoms with Crippen LogP contribution in [0.5, 0.6) is 5.75 Å². The quantitative estimate of drug-likeness (QED) is 0.884. The third-order valence-corrected chi connectivity index (χ3v) is 3.24. The zero-order valence-corrected chi connectivity index (χ0v) is 12.1. The molecule has 0 radical (unpaired) electrons. The molecule has 0 aliphatic carbocycles. The van der Waals surface area contributed by atoms with Crippen molar-refractivity contribution in [2.75, 3.05) is 19.0 Å². The number of aliphatic hydroxyl groups excluding tert-OH is 1. The first-order valence-electron chi connectivity index (χ1n) is 6.70. The molecule has 2 N–H and O–H groups in total.